The van der Waals surface area contributed by atoms with Gasteiger partial charge in [0.05, 0.1) is 0 Å². The summed E-state index contributed by atoms with van der Waals surface area (Å²) in [6.45, 7) is 0. The number of pyridine rings is 2. The minimum atomic E-state index is 0.168. The molecule has 0 fully saturated rings. The van der Waals surface area contributed by atoms with Crippen molar-refractivity contribution in [3.05, 3.63) is 52.4 Å². The normalized spacial score (nSPS) is 12.3. The van der Waals surface area contributed by atoms with Gasteiger partial charge in [0.1, 0.15) is 5.82 Å². The molecule has 0 aliphatic rings. The van der Waals surface area contributed by atoms with Crippen molar-refractivity contribution >= 4 is 21.7 Å². The topological polar surface area (TPSA) is 63.8 Å². The lowest BCUT2D eigenvalue weighted by molar-refractivity contribution is 0.589. The van der Waals surface area contributed by atoms with E-state index in [1.165, 1.54) is 0 Å². The molecule has 0 amide bonds. The maximum absolute atomic E-state index is 5.87. The number of aromatic nitrogens is 2. The molecule has 0 aliphatic carbocycles. The second-order valence-corrected chi connectivity index (χ2v) is 4.95. The van der Waals surface area contributed by atoms with Crippen LogP contribution in [0.4, 0.5) is 5.82 Å². The first-order valence-corrected chi connectivity index (χ1v) is 6.47. The number of nitrogens with two attached hydrogens (primary N) is 1. The SMILES string of the molecule is CNC(Cc1cccnc1N)c1cncc(Br)c1. The number of rotatable bonds is 4. The lowest BCUT2D eigenvalue weighted by Gasteiger charge is -2.17. The van der Waals surface area contributed by atoms with E-state index in [4.69, 9.17) is 5.73 Å². The maximum Gasteiger partial charge on any atom is 0.126 e. The van der Waals surface area contributed by atoms with Crippen LogP contribution in [0.1, 0.15) is 17.2 Å². The highest BCUT2D eigenvalue weighted by molar-refractivity contribution is 9.10. The Labute approximate surface area is 115 Å². The molecule has 2 aromatic rings. The Morgan fingerprint density at radius 2 is 2.28 bits per heavy atom. The van der Waals surface area contributed by atoms with Gasteiger partial charge in [-0.05, 0) is 52.7 Å². The van der Waals surface area contributed by atoms with Crippen LogP contribution in [-0.4, -0.2) is 17.0 Å². The van der Waals surface area contributed by atoms with Crippen LogP contribution in [0.2, 0.25) is 0 Å². The Balaban J connectivity index is 2.23. The van der Waals surface area contributed by atoms with Crippen molar-refractivity contribution in [3.8, 4) is 0 Å². The van der Waals surface area contributed by atoms with Gasteiger partial charge in [0.15, 0.2) is 0 Å². The third kappa shape index (κ3) is 3.05. The maximum atomic E-state index is 5.87. The van der Waals surface area contributed by atoms with Gasteiger partial charge in [0, 0.05) is 29.1 Å². The Hall–Kier alpha value is -1.46. The van der Waals surface area contributed by atoms with Gasteiger partial charge in [0.2, 0.25) is 0 Å². The highest BCUT2D eigenvalue weighted by atomic mass is 79.9. The molecule has 3 N–H and O–H groups in total. The predicted octanol–water partition coefficient (Wildman–Crippen LogP) is 2.32. The van der Waals surface area contributed by atoms with Gasteiger partial charge < -0.3 is 11.1 Å². The summed E-state index contributed by atoms with van der Waals surface area (Å²) in [5, 5.41) is 3.28. The lowest BCUT2D eigenvalue weighted by atomic mass is 10.0. The van der Waals surface area contributed by atoms with Gasteiger partial charge in [-0.15, -0.1) is 0 Å². The minimum absolute atomic E-state index is 0.168. The first-order valence-electron chi connectivity index (χ1n) is 5.68. The van der Waals surface area contributed by atoms with Crippen molar-refractivity contribution in [3.63, 3.8) is 0 Å². The fourth-order valence-corrected chi connectivity index (χ4v) is 2.23. The number of nitrogen functional groups attached to an aromatic ring is 1. The van der Waals surface area contributed by atoms with Gasteiger partial charge in [-0.25, -0.2) is 4.98 Å². The van der Waals surface area contributed by atoms with Crippen molar-refractivity contribution in [1.29, 1.82) is 0 Å². The molecular formula is C13H15BrN4. The van der Waals surface area contributed by atoms with Gasteiger partial charge in [-0.3, -0.25) is 4.98 Å². The zero-order valence-electron chi connectivity index (χ0n) is 10.1. The molecule has 94 valence electrons. The van der Waals surface area contributed by atoms with Crippen molar-refractivity contribution in [2.75, 3.05) is 12.8 Å². The van der Waals surface area contributed by atoms with E-state index in [9.17, 15) is 0 Å². The van der Waals surface area contributed by atoms with E-state index >= 15 is 0 Å². The van der Waals surface area contributed by atoms with E-state index in [0.29, 0.717) is 5.82 Å². The van der Waals surface area contributed by atoms with E-state index in [1.807, 2.05) is 25.4 Å². The number of nitrogens with one attached hydrogen (secondary N) is 1. The van der Waals surface area contributed by atoms with Crippen LogP contribution in [0, 0.1) is 0 Å². The zero-order chi connectivity index (χ0) is 13.0. The van der Waals surface area contributed by atoms with Gasteiger partial charge in [-0.2, -0.15) is 0 Å². The van der Waals surface area contributed by atoms with E-state index in [-0.39, 0.29) is 6.04 Å². The monoisotopic (exact) mass is 306 g/mol. The third-order valence-electron chi connectivity index (χ3n) is 2.83. The van der Waals surface area contributed by atoms with Crippen molar-refractivity contribution in [2.24, 2.45) is 0 Å². The quantitative estimate of drug-likeness (QED) is 0.910. The number of nitrogens with zero attached hydrogens (tertiary/aromatic N) is 2. The van der Waals surface area contributed by atoms with Crippen molar-refractivity contribution in [1.82, 2.24) is 15.3 Å². The predicted molar refractivity (Wildman–Crippen MR) is 76.1 cm³/mol. The summed E-state index contributed by atoms with van der Waals surface area (Å²) in [7, 11) is 1.93. The molecule has 4 nitrogen and oxygen atoms in total. The second-order valence-electron chi connectivity index (χ2n) is 4.03. The van der Waals surface area contributed by atoms with Crippen molar-refractivity contribution < 1.29 is 0 Å². The second kappa shape index (κ2) is 5.93. The number of halogens is 1. The molecule has 0 spiro atoms. The van der Waals surface area contributed by atoms with Crippen LogP contribution >= 0.6 is 15.9 Å². The molecule has 0 aliphatic heterocycles. The smallest absolute Gasteiger partial charge is 0.126 e. The molecule has 0 saturated heterocycles. The van der Waals surface area contributed by atoms with Crippen LogP contribution in [0.5, 0.6) is 0 Å². The summed E-state index contributed by atoms with van der Waals surface area (Å²) in [6.07, 6.45) is 6.12. The van der Waals surface area contributed by atoms with Crippen LogP contribution < -0.4 is 11.1 Å². The molecule has 0 saturated carbocycles. The molecule has 1 unspecified atom stereocenters. The molecular weight excluding hydrogens is 292 g/mol. The fourth-order valence-electron chi connectivity index (χ4n) is 1.85. The summed E-state index contributed by atoms with van der Waals surface area (Å²) < 4.78 is 0.972. The third-order valence-corrected chi connectivity index (χ3v) is 3.26. The van der Waals surface area contributed by atoms with Gasteiger partial charge >= 0.3 is 0 Å². The number of hydrogen-bond donors (Lipinski definition) is 2. The molecule has 0 bridgehead atoms. The largest absolute Gasteiger partial charge is 0.383 e. The Morgan fingerprint density at radius 1 is 1.44 bits per heavy atom. The van der Waals surface area contributed by atoms with E-state index in [2.05, 4.69) is 37.3 Å². The van der Waals surface area contributed by atoms with Crippen LogP contribution in [0.3, 0.4) is 0 Å². The average Bonchev–Trinajstić information content (AvgIpc) is 2.38. The highest BCUT2D eigenvalue weighted by Gasteiger charge is 2.12. The molecule has 1 atom stereocenters. The Bertz CT molecular complexity index is 530. The highest BCUT2D eigenvalue weighted by Crippen LogP contribution is 2.22. The Kier molecular flexibility index (Phi) is 4.28. The molecule has 2 rings (SSSR count). The molecule has 18 heavy (non-hydrogen) atoms. The summed E-state index contributed by atoms with van der Waals surface area (Å²) in [5.41, 5.74) is 8.03. The van der Waals surface area contributed by atoms with Crippen LogP contribution in [-0.2, 0) is 6.42 Å². The summed E-state index contributed by atoms with van der Waals surface area (Å²) in [5.74, 6) is 0.584. The number of hydrogen-bond acceptors (Lipinski definition) is 4. The van der Waals surface area contributed by atoms with E-state index in [1.54, 1.807) is 12.4 Å². The molecule has 5 heteroatoms. The standard InChI is InChI=1S/C13H15BrN4/c1-16-12(10-5-11(14)8-17-7-10)6-9-3-2-4-18-13(9)15/h2-5,7-8,12,16H,6H2,1H3,(H2,15,18). The summed E-state index contributed by atoms with van der Waals surface area (Å²) in [6, 6.07) is 6.12. The fraction of sp³-hybridized carbons (Fsp3) is 0.231. The van der Waals surface area contributed by atoms with Crippen LogP contribution in [0.15, 0.2) is 41.3 Å². The lowest BCUT2D eigenvalue weighted by Crippen LogP contribution is -2.19. The minimum Gasteiger partial charge on any atom is -0.383 e. The molecule has 2 heterocycles. The zero-order valence-corrected chi connectivity index (χ0v) is 11.7. The van der Waals surface area contributed by atoms with Gasteiger partial charge in [0.25, 0.3) is 0 Å². The molecule has 0 radical (unpaired) electrons. The first kappa shape index (κ1) is 13.0. The number of anilines is 1. The van der Waals surface area contributed by atoms with E-state index < -0.39 is 0 Å². The van der Waals surface area contributed by atoms with Gasteiger partial charge in [-0.1, -0.05) is 6.07 Å². The molecule has 0 aromatic carbocycles. The number of likely N-dealkylation sites (N-methyl/N-ethyl adjacent to an activating group) is 1. The first-order chi connectivity index (χ1) is 8.70. The van der Waals surface area contributed by atoms with Crippen LogP contribution in [0.25, 0.3) is 0 Å². The average molecular weight is 307 g/mol. The van der Waals surface area contributed by atoms with Crippen molar-refractivity contribution in [2.45, 2.75) is 12.5 Å². The van der Waals surface area contributed by atoms with E-state index in [0.717, 1.165) is 22.0 Å². The summed E-state index contributed by atoms with van der Waals surface area (Å²) in [4.78, 5) is 8.29. The summed E-state index contributed by atoms with van der Waals surface area (Å²) >= 11 is 3.43. The Morgan fingerprint density at radius 3 is 2.94 bits per heavy atom. The molecule has 2 aromatic heterocycles.